The first-order valence-corrected chi connectivity index (χ1v) is 7.77. The van der Waals surface area contributed by atoms with Crippen molar-refractivity contribution in [1.82, 2.24) is 0 Å². The Kier molecular flexibility index (Phi) is 4.13. The van der Waals surface area contributed by atoms with Gasteiger partial charge in [0.15, 0.2) is 0 Å². The van der Waals surface area contributed by atoms with Gasteiger partial charge in [-0.2, -0.15) is 0 Å². The van der Waals surface area contributed by atoms with Gasteiger partial charge in [0.2, 0.25) is 0 Å². The highest BCUT2D eigenvalue weighted by atomic mass is 32.1. The van der Waals surface area contributed by atoms with E-state index in [0.29, 0.717) is 10.9 Å². The average molecular weight is 311 g/mol. The molecule has 2 rings (SSSR count). The molecular weight excluding hydrogens is 290 g/mol. The highest BCUT2D eigenvalue weighted by Gasteiger charge is 2.39. The lowest BCUT2D eigenvalue weighted by Gasteiger charge is -2.27. The minimum Gasteiger partial charge on any atom is -0.462 e. The molecule has 6 nitrogen and oxygen atoms in total. The molecule has 1 fully saturated rings. The van der Waals surface area contributed by atoms with Gasteiger partial charge in [-0.15, -0.1) is 11.3 Å². The quantitative estimate of drug-likeness (QED) is 0.698. The molecule has 21 heavy (non-hydrogen) atoms. The van der Waals surface area contributed by atoms with Crippen molar-refractivity contribution in [2.75, 3.05) is 17.7 Å². The Morgan fingerprint density at radius 2 is 2.05 bits per heavy atom. The van der Waals surface area contributed by atoms with E-state index in [1.54, 1.807) is 6.92 Å². The Bertz CT molecular complexity index is 576. The number of esters is 1. The number of nitrogens with one attached hydrogen (secondary N) is 1. The second-order valence-electron chi connectivity index (χ2n) is 5.75. The van der Waals surface area contributed by atoms with Gasteiger partial charge in [0.1, 0.15) is 15.4 Å². The lowest BCUT2D eigenvalue weighted by atomic mass is 9.99. The van der Waals surface area contributed by atoms with Crippen LogP contribution in [0, 0.1) is 5.92 Å². The van der Waals surface area contributed by atoms with Crippen LogP contribution in [-0.2, 0) is 4.74 Å². The van der Waals surface area contributed by atoms with Crippen molar-refractivity contribution in [2.45, 2.75) is 39.2 Å². The van der Waals surface area contributed by atoms with Gasteiger partial charge in [-0.25, -0.2) is 4.79 Å². The van der Waals surface area contributed by atoms with Crippen LogP contribution in [0.5, 0.6) is 0 Å². The van der Waals surface area contributed by atoms with Gasteiger partial charge < -0.3 is 21.5 Å². The first kappa shape index (κ1) is 15.6. The van der Waals surface area contributed by atoms with Crippen LogP contribution in [0.2, 0.25) is 0 Å². The van der Waals surface area contributed by atoms with Gasteiger partial charge >= 0.3 is 5.97 Å². The lowest BCUT2D eigenvalue weighted by molar-refractivity contribution is 0.0529. The van der Waals surface area contributed by atoms with E-state index < -0.39 is 11.9 Å². The summed E-state index contributed by atoms with van der Waals surface area (Å²) in [5.41, 5.74) is 11.4. The molecule has 0 aromatic carbocycles. The van der Waals surface area contributed by atoms with E-state index in [9.17, 15) is 9.59 Å². The van der Waals surface area contributed by atoms with Gasteiger partial charge in [-0.3, -0.25) is 4.79 Å². The second kappa shape index (κ2) is 5.55. The molecule has 0 unspecified atom stereocenters. The number of hydrogen-bond donors (Lipinski definition) is 3. The van der Waals surface area contributed by atoms with Crippen molar-refractivity contribution in [1.29, 1.82) is 0 Å². The summed E-state index contributed by atoms with van der Waals surface area (Å²) in [7, 11) is 0. The SMILES string of the molecule is CCOC(=O)c1c(NC(C)(C)C2CC2)sc(C(N)=O)c1N. The number of carbonyl (C=O) groups excluding carboxylic acids is 2. The summed E-state index contributed by atoms with van der Waals surface area (Å²) in [6.07, 6.45) is 2.30. The number of nitrogens with two attached hydrogens (primary N) is 2. The number of rotatable bonds is 6. The minimum absolute atomic E-state index is 0.0973. The average Bonchev–Trinajstić information content (AvgIpc) is 3.16. The number of thiophene rings is 1. The molecular formula is C14H21N3O3S. The molecule has 0 spiro atoms. The second-order valence-corrected chi connectivity index (χ2v) is 6.78. The van der Waals surface area contributed by atoms with Gasteiger partial charge in [0.05, 0.1) is 12.3 Å². The first-order valence-electron chi connectivity index (χ1n) is 6.95. The molecule has 1 aliphatic carbocycles. The van der Waals surface area contributed by atoms with E-state index in [4.69, 9.17) is 16.2 Å². The normalized spacial score (nSPS) is 14.8. The number of carbonyl (C=O) groups is 2. The van der Waals surface area contributed by atoms with Crippen LogP contribution < -0.4 is 16.8 Å². The maximum Gasteiger partial charge on any atom is 0.343 e. The molecule has 5 N–H and O–H groups in total. The minimum atomic E-state index is -0.639. The first-order chi connectivity index (χ1) is 9.77. The monoisotopic (exact) mass is 311 g/mol. The Hall–Kier alpha value is -1.76. The molecule has 0 atom stereocenters. The Labute approximate surface area is 127 Å². The van der Waals surface area contributed by atoms with Crippen LogP contribution in [0.1, 0.15) is 53.6 Å². The predicted molar refractivity (Wildman–Crippen MR) is 83.6 cm³/mol. The van der Waals surface area contributed by atoms with Gasteiger partial charge in [0, 0.05) is 5.54 Å². The van der Waals surface area contributed by atoms with Gasteiger partial charge in [0.25, 0.3) is 5.91 Å². The molecule has 0 bridgehead atoms. The van der Waals surface area contributed by atoms with Crippen LogP contribution in [0.4, 0.5) is 10.7 Å². The van der Waals surface area contributed by atoms with Crippen LogP contribution in [0.15, 0.2) is 0 Å². The third kappa shape index (κ3) is 3.12. The number of ether oxygens (including phenoxy) is 1. The van der Waals surface area contributed by atoms with Crippen molar-refractivity contribution < 1.29 is 14.3 Å². The van der Waals surface area contributed by atoms with Crippen LogP contribution in [0.25, 0.3) is 0 Å². The lowest BCUT2D eigenvalue weighted by Crippen LogP contribution is -2.33. The van der Waals surface area contributed by atoms with E-state index in [0.717, 1.165) is 24.2 Å². The van der Waals surface area contributed by atoms with Crippen molar-refractivity contribution in [3.8, 4) is 0 Å². The standard InChI is InChI=1S/C14H21N3O3S/c1-4-20-13(19)8-9(15)10(11(16)18)21-12(8)17-14(2,3)7-5-6-7/h7,17H,4-6,15H2,1-3H3,(H2,16,18). The topological polar surface area (TPSA) is 107 Å². The molecule has 1 aromatic heterocycles. The molecule has 7 heteroatoms. The van der Waals surface area contributed by atoms with E-state index in [2.05, 4.69) is 19.2 Å². The highest BCUT2D eigenvalue weighted by molar-refractivity contribution is 7.19. The largest absolute Gasteiger partial charge is 0.462 e. The smallest absolute Gasteiger partial charge is 0.343 e. The predicted octanol–water partition coefficient (Wildman–Crippen LogP) is 2.21. The molecule has 1 aliphatic rings. The molecule has 0 aliphatic heterocycles. The fourth-order valence-electron chi connectivity index (χ4n) is 2.32. The van der Waals surface area contributed by atoms with E-state index in [-0.39, 0.29) is 28.3 Å². The summed E-state index contributed by atoms with van der Waals surface area (Å²) < 4.78 is 5.03. The summed E-state index contributed by atoms with van der Waals surface area (Å²) in [6, 6.07) is 0. The fraction of sp³-hybridized carbons (Fsp3) is 0.571. The summed E-state index contributed by atoms with van der Waals surface area (Å²) in [4.78, 5) is 23.7. The highest BCUT2D eigenvalue weighted by Crippen LogP contribution is 2.44. The number of amides is 1. The number of primary amides is 1. The van der Waals surface area contributed by atoms with E-state index in [1.807, 2.05) is 0 Å². The van der Waals surface area contributed by atoms with Crippen molar-refractivity contribution in [2.24, 2.45) is 11.7 Å². The zero-order chi connectivity index (χ0) is 15.8. The van der Waals surface area contributed by atoms with Crippen molar-refractivity contribution >= 4 is 33.9 Å². The third-order valence-corrected chi connectivity index (χ3v) is 4.82. The fourth-order valence-corrected chi connectivity index (χ4v) is 3.45. The van der Waals surface area contributed by atoms with E-state index in [1.165, 1.54) is 0 Å². The third-order valence-electron chi connectivity index (χ3n) is 3.68. The van der Waals surface area contributed by atoms with Crippen LogP contribution in [0.3, 0.4) is 0 Å². The van der Waals surface area contributed by atoms with Crippen molar-refractivity contribution in [3.05, 3.63) is 10.4 Å². The molecule has 0 radical (unpaired) electrons. The van der Waals surface area contributed by atoms with Gasteiger partial charge in [-0.05, 0) is 39.5 Å². The summed E-state index contributed by atoms with van der Waals surface area (Å²) in [6.45, 7) is 6.10. The number of hydrogen-bond acceptors (Lipinski definition) is 6. The Balaban J connectivity index is 2.40. The maximum atomic E-state index is 12.1. The summed E-state index contributed by atoms with van der Waals surface area (Å²) >= 11 is 1.11. The number of anilines is 2. The molecule has 1 heterocycles. The number of nitrogen functional groups attached to an aromatic ring is 1. The van der Waals surface area contributed by atoms with Crippen molar-refractivity contribution in [3.63, 3.8) is 0 Å². The maximum absolute atomic E-state index is 12.1. The summed E-state index contributed by atoms with van der Waals surface area (Å²) in [5.74, 6) is -0.624. The molecule has 1 amide bonds. The van der Waals surface area contributed by atoms with E-state index >= 15 is 0 Å². The van der Waals surface area contributed by atoms with Crippen LogP contribution in [-0.4, -0.2) is 24.0 Å². The van der Waals surface area contributed by atoms with Crippen LogP contribution >= 0.6 is 11.3 Å². The summed E-state index contributed by atoms with van der Waals surface area (Å²) in [5, 5.41) is 3.89. The molecule has 1 saturated carbocycles. The molecule has 0 saturated heterocycles. The zero-order valence-corrected chi connectivity index (χ0v) is 13.3. The Morgan fingerprint density at radius 1 is 1.43 bits per heavy atom. The Morgan fingerprint density at radius 3 is 2.52 bits per heavy atom. The van der Waals surface area contributed by atoms with Gasteiger partial charge in [-0.1, -0.05) is 0 Å². The molecule has 1 aromatic rings. The molecule has 116 valence electrons. The zero-order valence-electron chi connectivity index (χ0n) is 12.5.